The highest BCUT2D eigenvalue weighted by Gasteiger charge is 2.37. The summed E-state index contributed by atoms with van der Waals surface area (Å²) < 4.78 is 31.8. The van der Waals surface area contributed by atoms with Gasteiger partial charge in [0.2, 0.25) is 0 Å². The molecule has 0 aromatic heterocycles. The summed E-state index contributed by atoms with van der Waals surface area (Å²) in [6, 6.07) is 20.2. The van der Waals surface area contributed by atoms with Crippen molar-refractivity contribution >= 4 is 27.7 Å². The molecule has 2 aromatic carbocycles. The second-order valence-electron chi connectivity index (χ2n) is 33.4. The molecule has 2 aromatic rings. The van der Waals surface area contributed by atoms with Gasteiger partial charge in [0.15, 0.2) is 9.84 Å². The molecule has 0 spiro atoms. The van der Waals surface area contributed by atoms with Crippen LogP contribution < -0.4 is 5.32 Å². The molecule has 2 unspecified atom stereocenters. The number of likely N-dealkylation sites (tertiary alicyclic amines) is 3. The molecule has 89 heavy (non-hydrogen) atoms. The first-order valence-electron chi connectivity index (χ1n) is 33.7. The number of sulfone groups is 1. The zero-order valence-electron chi connectivity index (χ0n) is 62.1. The lowest BCUT2D eigenvalue weighted by atomic mass is 9.82. The van der Waals surface area contributed by atoms with Gasteiger partial charge in [0.05, 0.1) is 30.5 Å². The summed E-state index contributed by atoms with van der Waals surface area (Å²) in [6.45, 7) is 66.5. The van der Waals surface area contributed by atoms with Crippen LogP contribution in [0.1, 0.15) is 248 Å². The maximum absolute atomic E-state index is 11.4. The van der Waals surface area contributed by atoms with Crippen molar-refractivity contribution in [2.75, 3.05) is 90.6 Å². The number of carboxylic acids is 1. The third-order valence-corrected chi connectivity index (χ3v) is 17.7. The highest BCUT2D eigenvalue weighted by Crippen LogP contribution is 2.31. The summed E-state index contributed by atoms with van der Waals surface area (Å²) in [5.41, 5.74) is 3.82. The number of esters is 2. The van der Waals surface area contributed by atoms with E-state index in [0.717, 1.165) is 38.0 Å². The van der Waals surface area contributed by atoms with Crippen molar-refractivity contribution in [3.05, 3.63) is 71.8 Å². The summed E-state index contributed by atoms with van der Waals surface area (Å²) in [5.74, 6) is 0.335. The highest BCUT2D eigenvalue weighted by molar-refractivity contribution is 7.91. The Morgan fingerprint density at radius 3 is 1.24 bits per heavy atom. The lowest BCUT2D eigenvalue weighted by molar-refractivity contribution is -0.149. The number of rotatable bonds is 6. The van der Waals surface area contributed by atoms with E-state index in [-0.39, 0.29) is 39.9 Å². The Balaban J connectivity index is 0.00000100. The highest BCUT2D eigenvalue weighted by atomic mass is 32.2. The zero-order valence-corrected chi connectivity index (χ0v) is 63.0. The Labute approximate surface area is 548 Å². The standard InChI is InChI=1S/C13H18O2.C13H20.C9H17NO2.C9H19N.C8H18N2.C8H17NO2S.C8H17N.C6H12O2/c1-13(2,3)9-12(14)15-10-11-7-5-4-6-8-11;1-11(10-13(2,3)4)12-8-6-5-7-9-12;1-9(2,3)10-6-4-5-7(10)8(11)12;1-9(2,3)10-7-5-4-6-8-10;1-8(2,3)10-6-4-9-5-7-10;1-8(2,3)9-4-6-12(10,11)7-5-9;1-8(2,3)9-6-4-5-7-9;1-6(2,3)5(7)8-4/h4-8H,9-10H2,1-3H3;5-9,11H,10H2,1-4H3;7H,4-6H2,1-3H3,(H,11,12);4-8H2,1-3H3;9H,4-7H2,1-3H3;4-7H2,1-3H3;4-7H2,1-3H3;1-4H3. The topological polar surface area (TPSA) is 152 Å². The monoisotopic (exact) mass is 1270 g/mol. The number of carboxylic acid groups (broad SMARTS) is 1. The van der Waals surface area contributed by atoms with Crippen LogP contribution in [0, 0.1) is 16.2 Å². The first kappa shape index (κ1) is 85.6. The predicted molar refractivity (Wildman–Crippen MR) is 378 cm³/mol. The fraction of sp³-hybridized carbons (Fsp3) is 0.797. The number of ether oxygens (including phenoxy) is 2. The summed E-state index contributed by atoms with van der Waals surface area (Å²) in [7, 11) is -1.32. The van der Waals surface area contributed by atoms with E-state index in [1.165, 1.54) is 90.5 Å². The number of piperidine rings is 1. The van der Waals surface area contributed by atoms with Gasteiger partial charge < -0.3 is 19.9 Å². The van der Waals surface area contributed by atoms with Crippen LogP contribution >= 0.6 is 0 Å². The van der Waals surface area contributed by atoms with Crippen molar-refractivity contribution in [2.45, 2.75) is 277 Å². The van der Waals surface area contributed by atoms with Crippen LogP contribution in [-0.4, -0.2) is 180 Å². The molecular formula is C74H138N6O8S. The van der Waals surface area contributed by atoms with E-state index in [2.05, 4.69) is 196 Å². The number of hydrogen-bond acceptors (Lipinski definition) is 13. The minimum Gasteiger partial charge on any atom is -0.480 e. The van der Waals surface area contributed by atoms with E-state index in [1.54, 1.807) is 0 Å². The molecule has 5 heterocycles. The second kappa shape index (κ2) is 39.3. The predicted octanol–water partition coefficient (Wildman–Crippen LogP) is 15.3. The molecule has 518 valence electrons. The van der Waals surface area contributed by atoms with Gasteiger partial charge in [0, 0.05) is 67.0 Å². The van der Waals surface area contributed by atoms with E-state index in [9.17, 15) is 22.8 Å². The molecule has 14 nitrogen and oxygen atoms in total. The number of hydrogen-bond donors (Lipinski definition) is 2. The lowest BCUT2D eigenvalue weighted by Gasteiger charge is -2.38. The van der Waals surface area contributed by atoms with Crippen LogP contribution in [0.4, 0.5) is 0 Å². The van der Waals surface area contributed by atoms with Crippen molar-refractivity contribution < 1.29 is 37.4 Å². The lowest BCUT2D eigenvalue weighted by Crippen LogP contribution is -2.51. The number of carbonyl (C=O) groups is 3. The average molecular weight is 1270 g/mol. The van der Waals surface area contributed by atoms with Gasteiger partial charge in [-0.25, -0.2) is 8.42 Å². The number of methoxy groups -OCH3 is 1. The fourth-order valence-corrected chi connectivity index (χ4v) is 12.0. The van der Waals surface area contributed by atoms with Gasteiger partial charge in [-0.2, -0.15) is 0 Å². The fourth-order valence-electron chi connectivity index (χ4n) is 10.8. The van der Waals surface area contributed by atoms with Crippen LogP contribution in [0.15, 0.2) is 60.7 Å². The maximum atomic E-state index is 11.4. The Bertz CT molecular complexity index is 2290. The molecule has 5 fully saturated rings. The van der Waals surface area contributed by atoms with Crippen LogP contribution in [0.25, 0.3) is 0 Å². The first-order chi connectivity index (χ1) is 40.5. The first-order valence-corrected chi connectivity index (χ1v) is 35.6. The van der Waals surface area contributed by atoms with Crippen molar-refractivity contribution in [2.24, 2.45) is 16.2 Å². The van der Waals surface area contributed by atoms with E-state index < -0.39 is 15.8 Å². The largest absolute Gasteiger partial charge is 0.480 e. The van der Waals surface area contributed by atoms with E-state index in [4.69, 9.17) is 9.84 Å². The van der Waals surface area contributed by atoms with Gasteiger partial charge in [-0.05, 0) is 230 Å². The van der Waals surface area contributed by atoms with Gasteiger partial charge in [-0.15, -0.1) is 0 Å². The molecule has 2 atom stereocenters. The molecule has 5 aliphatic rings. The Morgan fingerprint density at radius 2 is 0.921 bits per heavy atom. The van der Waals surface area contributed by atoms with Gasteiger partial charge in [0.1, 0.15) is 12.6 Å². The number of carbonyl (C=O) groups excluding carboxylic acids is 2. The number of piperazine rings is 1. The van der Waals surface area contributed by atoms with Crippen molar-refractivity contribution in [3.8, 4) is 0 Å². The smallest absolute Gasteiger partial charge is 0.320 e. The van der Waals surface area contributed by atoms with Gasteiger partial charge in [0.25, 0.3) is 0 Å². The number of nitrogens with one attached hydrogen (secondary N) is 1. The molecule has 0 aliphatic carbocycles. The van der Waals surface area contributed by atoms with E-state index >= 15 is 0 Å². The Hall–Kier alpha value is -3.44. The summed E-state index contributed by atoms with van der Waals surface area (Å²) in [5, 5.41) is 12.3. The van der Waals surface area contributed by atoms with Gasteiger partial charge in [-0.3, -0.25) is 38.9 Å². The summed E-state index contributed by atoms with van der Waals surface area (Å²) >= 11 is 0. The van der Waals surface area contributed by atoms with Crippen LogP contribution in [-0.2, 0) is 40.3 Å². The number of benzene rings is 2. The van der Waals surface area contributed by atoms with Crippen molar-refractivity contribution in [1.29, 1.82) is 0 Å². The molecular weight excluding hydrogens is 1130 g/mol. The third kappa shape index (κ3) is 41.0. The molecule has 5 aliphatic heterocycles. The molecule has 15 heteroatoms. The van der Waals surface area contributed by atoms with Crippen LogP contribution in [0.3, 0.4) is 0 Å². The molecule has 0 saturated carbocycles. The molecule has 0 radical (unpaired) electrons. The van der Waals surface area contributed by atoms with Crippen molar-refractivity contribution in [3.63, 3.8) is 0 Å². The van der Waals surface area contributed by atoms with Crippen LogP contribution in [0.2, 0.25) is 0 Å². The summed E-state index contributed by atoms with van der Waals surface area (Å²) in [4.78, 5) is 44.8. The maximum Gasteiger partial charge on any atom is 0.320 e. The Kier molecular flexibility index (Phi) is 37.8. The second-order valence-corrected chi connectivity index (χ2v) is 35.7. The molecule has 0 amide bonds. The van der Waals surface area contributed by atoms with Crippen LogP contribution in [0.5, 0.6) is 0 Å². The summed E-state index contributed by atoms with van der Waals surface area (Å²) in [6.07, 6.45) is 10.5. The molecule has 5 saturated heterocycles. The third-order valence-electron chi connectivity index (χ3n) is 16.1. The average Bonchev–Trinajstić information content (AvgIpc) is 2.99. The van der Waals surface area contributed by atoms with Crippen molar-refractivity contribution in [1.82, 2.24) is 29.8 Å². The minimum absolute atomic E-state index is 0.00618. The van der Waals surface area contributed by atoms with Gasteiger partial charge in [-0.1, -0.05) is 116 Å². The number of aliphatic carboxylic acids is 1. The quantitative estimate of drug-likeness (QED) is 0.264. The number of nitrogens with zero attached hydrogens (tertiary/aromatic N) is 5. The molecule has 2 N–H and O–H groups in total. The van der Waals surface area contributed by atoms with E-state index in [1.807, 2.05) is 71.9 Å². The minimum atomic E-state index is -2.72. The Morgan fingerprint density at radius 1 is 0.528 bits per heavy atom. The van der Waals surface area contributed by atoms with E-state index in [0.29, 0.717) is 65.6 Å². The molecule has 7 rings (SSSR count). The zero-order chi connectivity index (χ0) is 68.9. The normalized spacial score (nSPS) is 19.4. The molecule has 0 bridgehead atoms. The van der Waals surface area contributed by atoms with Gasteiger partial charge >= 0.3 is 17.9 Å². The SMILES string of the molecule is CC(C)(C)CC(=O)OCc1ccccc1.CC(C)(C)N1CCCC1.CC(C)(C)N1CCCC1C(=O)O.CC(C)(C)N1CCCCC1.CC(C)(C)N1CCNCC1.CC(C)(C)N1CCS(=O)(=O)CC1.CC(CC(C)(C)C)c1ccccc1.COC(=O)C(C)(C)C.